The second-order valence-electron chi connectivity index (χ2n) is 4.39. The third kappa shape index (κ3) is 1.28. The number of aromatic nitrogens is 1. The molecule has 0 aliphatic carbocycles. The predicted octanol–water partition coefficient (Wildman–Crippen LogP) is 2.56. The van der Waals surface area contributed by atoms with Crippen molar-refractivity contribution in [3.63, 3.8) is 0 Å². The Labute approximate surface area is 95.0 Å². The average molecular weight is 216 g/mol. The number of aromatic amines is 1. The maximum Gasteiger partial charge on any atom is 0.119 e. The molecule has 16 heavy (non-hydrogen) atoms. The Morgan fingerprint density at radius 2 is 2.25 bits per heavy atom. The average Bonchev–Trinajstić information content (AvgIpc) is 2.68. The minimum atomic E-state index is 0.933. The summed E-state index contributed by atoms with van der Waals surface area (Å²) in [6.45, 7) is 1.14. The van der Waals surface area contributed by atoms with E-state index in [1.54, 1.807) is 7.11 Å². The van der Waals surface area contributed by atoms with E-state index in [1.165, 1.54) is 28.7 Å². The van der Waals surface area contributed by atoms with Crippen LogP contribution in [-0.4, -0.2) is 25.7 Å². The second-order valence-corrected chi connectivity index (χ2v) is 4.39. The smallest absolute Gasteiger partial charge is 0.119 e. The Bertz CT molecular complexity index is 530. The van der Waals surface area contributed by atoms with E-state index in [0.717, 1.165) is 18.7 Å². The number of ether oxygens (including phenoxy) is 1. The molecule has 0 fully saturated rings. The van der Waals surface area contributed by atoms with E-state index in [0.29, 0.717) is 0 Å². The molecule has 0 bridgehead atoms. The van der Waals surface area contributed by atoms with Crippen molar-refractivity contribution in [2.75, 3.05) is 25.6 Å². The molecule has 2 heterocycles. The van der Waals surface area contributed by atoms with Crippen LogP contribution in [0.3, 0.4) is 0 Å². The van der Waals surface area contributed by atoms with Crippen LogP contribution in [0.1, 0.15) is 12.0 Å². The quantitative estimate of drug-likeness (QED) is 0.793. The van der Waals surface area contributed by atoms with Crippen LogP contribution in [0.4, 0.5) is 5.82 Å². The predicted molar refractivity (Wildman–Crippen MR) is 66.4 cm³/mol. The van der Waals surface area contributed by atoms with E-state index in [2.05, 4.69) is 29.1 Å². The third-order valence-electron chi connectivity index (χ3n) is 3.39. The van der Waals surface area contributed by atoms with Gasteiger partial charge in [-0.05, 0) is 31.0 Å². The number of nitrogens with one attached hydrogen (secondary N) is 1. The Kier molecular flexibility index (Phi) is 2.06. The number of fused-ring (bicyclic) bond motifs is 3. The van der Waals surface area contributed by atoms with Crippen molar-refractivity contribution in [1.82, 2.24) is 4.98 Å². The molecule has 1 N–H and O–H groups in total. The second kappa shape index (κ2) is 3.44. The summed E-state index contributed by atoms with van der Waals surface area (Å²) in [6, 6.07) is 6.23. The molecule has 0 saturated heterocycles. The largest absolute Gasteiger partial charge is 0.497 e. The molecular formula is C13H16N2O. The zero-order chi connectivity index (χ0) is 11.1. The summed E-state index contributed by atoms with van der Waals surface area (Å²) < 4.78 is 5.28. The molecule has 1 aliphatic rings. The Hall–Kier alpha value is -1.64. The number of H-pyrrole nitrogens is 1. The standard InChI is InChI=1S/C13H16N2O/c1-15-7-3-4-10-11-8-9(16-2)5-6-12(11)14-13(10)15/h5-6,8,14H,3-4,7H2,1-2H3. The van der Waals surface area contributed by atoms with Crippen molar-refractivity contribution in [1.29, 1.82) is 0 Å². The highest BCUT2D eigenvalue weighted by Gasteiger charge is 2.18. The van der Waals surface area contributed by atoms with Crippen molar-refractivity contribution < 1.29 is 4.74 Å². The van der Waals surface area contributed by atoms with E-state index in [1.807, 2.05) is 6.07 Å². The number of benzene rings is 1. The number of methoxy groups -OCH3 is 1. The zero-order valence-electron chi connectivity index (χ0n) is 9.71. The van der Waals surface area contributed by atoms with Gasteiger partial charge in [0.15, 0.2) is 0 Å². The summed E-state index contributed by atoms with van der Waals surface area (Å²) in [6.07, 6.45) is 2.39. The summed E-state index contributed by atoms with van der Waals surface area (Å²) in [4.78, 5) is 5.78. The molecule has 0 unspecified atom stereocenters. The van der Waals surface area contributed by atoms with E-state index < -0.39 is 0 Å². The van der Waals surface area contributed by atoms with Crippen molar-refractivity contribution in [3.8, 4) is 5.75 Å². The number of rotatable bonds is 1. The van der Waals surface area contributed by atoms with Gasteiger partial charge in [0.25, 0.3) is 0 Å². The van der Waals surface area contributed by atoms with Crippen molar-refractivity contribution in [2.24, 2.45) is 0 Å². The lowest BCUT2D eigenvalue weighted by Gasteiger charge is -2.24. The number of hydrogen-bond acceptors (Lipinski definition) is 2. The van der Waals surface area contributed by atoms with E-state index >= 15 is 0 Å². The molecule has 0 atom stereocenters. The SMILES string of the molecule is COc1ccc2[nH]c3c(c2c1)CCCN3C. The molecule has 1 aromatic heterocycles. The van der Waals surface area contributed by atoms with Crippen LogP contribution >= 0.6 is 0 Å². The number of hydrogen-bond donors (Lipinski definition) is 1. The summed E-state index contributed by atoms with van der Waals surface area (Å²) in [7, 11) is 3.86. The molecule has 0 spiro atoms. The van der Waals surface area contributed by atoms with Crippen LogP contribution in [0, 0.1) is 0 Å². The molecule has 3 rings (SSSR count). The Balaban J connectivity index is 2.25. The number of anilines is 1. The third-order valence-corrected chi connectivity index (χ3v) is 3.39. The van der Waals surface area contributed by atoms with Crippen LogP contribution in [0.15, 0.2) is 18.2 Å². The molecule has 1 aliphatic heterocycles. The van der Waals surface area contributed by atoms with Crippen LogP contribution < -0.4 is 9.64 Å². The maximum absolute atomic E-state index is 5.28. The van der Waals surface area contributed by atoms with Gasteiger partial charge in [-0.3, -0.25) is 0 Å². The lowest BCUT2D eigenvalue weighted by Crippen LogP contribution is -2.24. The highest BCUT2D eigenvalue weighted by Crippen LogP contribution is 2.34. The van der Waals surface area contributed by atoms with Gasteiger partial charge in [-0.2, -0.15) is 0 Å². The van der Waals surface area contributed by atoms with E-state index in [-0.39, 0.29) is 0 Å². The first-order valence-electron chi connectivity index (χ1n) is 5.69. The highest BCUT2D eigenvalue weighted by atomic mass is 16.5. The first-order valence-corrected chi connectivity index (χ1v) is 5.69. The molecule has 3 nitrogen and oxygen atoms in total. The molecule has 1 aromatic carbocycles. The van der Waals surface area contributed by atoms with Crippen LogP contribution in [0.25, 0.3) is 10.9 Å². The zero-order valence-corrected chi connectivity index (χ0v) is 9.71. The minimum Gasteiger partial charge on any atom is -0.497 e. The fraction of sp³-hybridized carbons (Fsp3) is 0.385. The van der Waals surface area contributed by atoms with Gasteiger partial charge in [-0.15, -0.1) is 0 Å². The van der Waals surface area contributed by atoms with Gasteiger partial charge in [-0.1, -0.05) is 0 Å². The Morgan fingerprint density at radius 3 is 3.06 bits per heavy atom. The first kappa shape index (κ1) is 9.58. The van der Waals surface area contributed by atoms with Gasteiger partial charge in [-0.25, -0.2) is 0 Å². The normalized spacial score (nSPS) is 15.2. The topological polar surface area (TPSA) is 28.3 Å². The van der Waals surface area contributed by atoms with Crippen LogP contribution in [0.5, 0.6) is 5.75 Å². The molecule has 84 valence electrons. The van der Waals surface area contributed by atoms with E-state index in [4.69, 9.17) is 4.74 Å². The fourth-order valence-corrected chi connectivity index (χ4v) is 2.52. The monoisotopic (exact) mass is 216 g/mol. The number of nitrogens with zero attached hydrogens (tertiary/aromatic N) is 1. The van der Waals surface area contributed by atoms with Crippen LogP contribution in [-0.2, 0) is 6.42 Å². The van der Waals surface area contributed by atoms with Crippen molar-refractivity contribution >= 4 is 16.7 Å². The van der Waals surface area contributed by atoms with Gasteiger partial charge in [0.05, 0.1) is 7.11 Å². The maximum atomic E-state index is 5.28. The van der Waals surface area contributed by atoms with Crippen molar-refractivity contribution in [3.05, 3.63) is 23.8 Å². The molecule has 2 aromatic rings. The van der Waals surface area contributed by atoms with Gasteiger partial charge < -0.3 is 14.6 Å². The fourth-order valence-electron chi connectivity index (χ4n) is 2.52. The lowest BCUT2D eigenvalue weighted by molar-refractivity contribution is 0.415. The molecule has 0 radical (unpaired) electrons. The van der Waals surface area contributed by atoms with Crippen LogP contribution in [0.2, 0.25) is 0 Å². The first-order chi connectivity index (χ1) is 7.79. The molecule has 3 heteroatoms. The minimum absolute atomic E-state index is 0.933. The molecular weight excluding hydrogens is 200 g/mol. The summed E-state index contributed by atoms with van der Waals surface area (Å²) in [5.74, 6) is 2.21. The van der Waals surface area contributed by atoms with Crippen molar-refractivity contribution in [2.45, 2.75) is 12.8 Å². The summed E-state index contributed by atoms with van der Waals surface area (Å²) in [5, 5.41) is 1.31. The molecule has 0 amide bonds. The lowest BCUT2D eigenvalue weighted by atomic mass is 10.0. The molecule has 0 saturated carbocycles. The number of aryl methyl sites for hydroxylation is 1. The van der Waals surface area contributed by atoms with Gasteiger partial charge >= 0.3 is 0 Å². The van der Waals surface area contributed by atoms with Gasteiger partial charge in [0.2, 0.25) is 0 Å². The summed E-state index contributed by atoms with van der Waals surface area (Å²) >= 11 is 0. The van der Waals surface area contributed by atoms with Gasteiger partial charge in [0.1, 0.15) is 11.6 Å². The summed E-state index contributed by atoms with van der Waals surface area (Å²) in [5.41, 5.74) is 2.64. The van der Waals surface area contributed by atoms with Gasteiger partial charge in [0, 0.05) is 30.1 Å². The Morgan fingerprint density at radius 1 is 1.38 bits per heavy atom. The highest BCUT2D eigenvalue weighted by molar-refractivity contribution is 5.90. The van der Waals surface area contributed by atoms with E-state index in [9.17, 15) is 0 Å².